The lowest BCUT2D eigenvalue weighted by atomic mass is 10.2. The number of para-hydroxylation sites is 1. The predicted molar refractivity (Wildman–Crippen MR) is 111 cm³/mol. The minimum absolute atomic E-state index is 0.146. The van der Waals surface area contributed by atoms with Crippen LogP contribution < -0.4 is 15.6 Å². The summed E-state index contributed by atoms with van der Waals surface area (Å²) in [6, 6.07) is 14.6. The van der Waals surface area contributed by atoms with Gasteiger partial charge < -0.3 is 4.74 Å². The molecule has 0 saturated carbocycles. The molecule has 8 nitrogen and oxygen atoms in total. The number of hydrazine groups is 1. The van der Waals surface area contributed by atoms with Crippen molar-refractivity contribution in [1.29, 1.82) is 0 Å². The van der Waals surface area contributed by atoms with Crippen LogP contribution in [0.15, 0.2) is 59.5 Å². The summed E-state index contributed by atoms with van der Waals surface area (Å²) in [5.74, 6) is -0.480. The smallest absolute Gasteiger partial charge is 0.279 e. The van der Waals surface area contributed by atoms with Crippen molar-refractivity contribution >= 4 is 21.8 Å². The van der Waals surface area contributed by atoms with Crippen molar-refractivity contribution in [2.45, 2.75) is 37.2 Å². The number of nitrogens with one attached hydrogen (secondary N) is 2. The zero-order valence-corrected chi connectivity index (χ0v) is 17.5. The maximum Gasteiger partial charge on any atom is 0.279 e. The SMILES string of the molecule is CCC(Oc1ccccc1)C(=O)NNC(=O)c1ccc(S(=O)(=O)N2CCCC2)cc1. The Morgan fingerprint density at radius 2 is 1.63 bits per heavy atom. The molecule has 9 heteroatoms. The Balaban J connectivity index is 1.57. The van der Waals surface area contributed by atoms with Crippen LogP contribution in [0.2, 0.25) is 0 Å². The van der Waals surface area contributed by atoms with Crippen LogP contribution in [0.25, 0.3) is 0 Å². The molecule has 0 bridgehead atoms. The number of ether oxygens (including phenoxy) is 1. The summed E-state index contributed by atoms with van der Waals surface area (Å²) in [7, 11) is -3.54. The maximum absolute atomic E-state index is 12.5. The molecule has 1 aliphatic rings. The average Bonchev–Trinajstić information content (AvgIpc) is 3.32. The van der Waals surface area contributed by atoms with Gasteiger partial charge in [-0.1, -0.05) is 25.1 Å². The molecular formula is C21H25N3O5S. The molecule has 2 aromatic rings. The van der Waals surface area contributed by atoms with Crippen LogP contribution in [0.1, 0.15) is 36.5 Å². The summed E-state index contributed by atoms with van der Waals surface area (Å²) in [5, 5.41) is 0. The first-order chi connectivity index (χ1) is 14.4. The highest BCUT2D eigenvalue weighted by Gasteiger charge is 2.27. The van der Waals surface area contributed by atoms with E-state index in [9.17, 15) is 18.0 Å². The van der Waals surface area contributed by atoms with Gasteiger partial charge in [0.15, 0.2) is 6.10 Å². The zero-order chi connectivity index (χ0) is 21.6. The number of carbonyl (C=O) groups excluding carboxylic acids is 2. The Hall–Kier alpha value is -2.91. The van der Waals surface area contributed by atoms with E-state index in [0.29, 0.717) is 25.3 Å². The number of rotatable bonds is 7. The Morgan fingerprint density at radius 1 is 1.00 bits per heavy atom. The summed E-state index contributed by atoms with van der Waals surface area (Å²) in [6.45, 7) is 2.83. The predicted octanol–water partition coefficient (Wildman–Crippen LogP) is 2.09. The fraction of sp³-hybridized carbons (Fsp3) is 0.333. The minimum Gasteiger partial charge on any atom is -0.481 e. The second-order valence-electron chi connectivity index (χ2n) is 6.91. The Labute approximate surface area is 176 Å². The number of sulfonamides is 1. The molecule has 2 N–H and O–H groups in total. The topological polar surface area (TPSA) is 105 Å². The highest BCUT2D eigenvalue weighted by atomic mass is 32.2. The number of benzene rings is 2. The van der Waals surface area contributed by atoms with Crippen LogP contribution in [0.4, 0.5) is 0 Å². The van der Waals surface area contributed by atoms with Crippen molar-refractivity contribution in [1.82, 2.24) is 15.2 Å². The van der Waals surface area contributed by atoms with Gasteiger partial charge in [-0.05, 0) is 55.7 Å². The van der Waals surface area contributed by atoms with Gasteiger partial charge in [-0.15, -0.1) is 0 Å². The Bertz CT molecular complexity index is 971. The third-order valence-corrected chi connectivity index (χ3v) is 6.72. The van der Waals surface area contributed by atoms with Crippen molar-refractivity contribution < 1.29 is 22.7 Å². The van der Waals surface area contributed by atoms with Gasteiger partial charge in [0.05, 0.1) is 4.90 Å². The number of carbonyl (C=O) groups is 2. The second-order valence-corrected chi connectivity index (χ2v) is 8.84. The van der Waals surface area contributed by atoms with E-state index in [1.54, 1.807) is 31.2 Å². The second kappa shape index (κ2) is 9.73. The molecule has 1 fully saturated rings. The molecule has 1 unspecified atom stereocenters. The van der Waals surface area contributed by atoms with E-state index in [4.69, 9.17) is 4.74 Å². The van der Waals surface area contributed by atoms with Crippen molar-refractivity contribution in [3.63, 3.8) is 0 Å². The third-order valence-electron chi connectivity index (χ3n) is 4.80. The van der Waals surface area contributed by atoms with Gasteiger partial charge in [-0.2, -0.15) is 4.31 Å². The number of nitrogens with zero attached hydrogens (tertiary/aromatic N) is 1. The summed E-state index contributed by atoms with van der Waals surface area (Å²) < 4.78 is 32.2. The van der Waals surface area contributed by atoms with Crippen molar-refractivity contribution in [3.8, 4) is 5.75 Å². The molecule has 1 atom stereocenters. The molecule has 0 spiro atoms. The molecule has 0 radical (unpaired) electrons. The first-order valence-electron chi connectivity index (χ1n) is 9.84. The van der Waals surface area contributed by atoms with Gasteiger partial charge >= 0.3 is 0 Å². The molecule has 2 aromatic carbocycles. The van der Waals surface area contributed by atoms with Gasteiger partial charge in [0, 0.05) is 18.7 Å². The lowest BCUT2D eigenvalue weighted by Gasteiger charge is -2.17. The molecule has 0 aromatic heterocycles. The van der Waals surface area contributed by atoms with E-state index >= 15 is 0 Å². The van der Waals surface area contributed by atoms with E-state index in [0.717, 1.165) is 12.8 Å². The molecule has 3 rings (SSSR count). The van der Waals surface area contributed by atoms with Crippen LogP contribution in [0, 0.1) is 0 Å². The zero-order valence-electron chi connectivity index (χ0n) is 16.7. The number of amides is 2. The fourth-order valence-electron chi connectivity index (χ4n) is 3.11. The standard InChI is InChI=1S/C21H25N3O5S/c1-2-19(29-17-8-4-3-5-9-17)21(26)23-22-20(25)16-10-12-18(13-11-16)30(27,28)24-14-6-7-15-24/h3-5,8-13,19H,2,6-7,14-15H2,1H3,(H,22,25)(H,23,26). The highest BCUT2D eigenvalue weighted by Crippen LogP contribution is 2.21. The molecule has 1 heterocycles. The number of hydrogen-bond acceptors (Lipinski definition) is 5. The monoisotopic (exact) mass is 431 g/mol. The summed E-state index contributed by atoms with van der Waals surface area (Å²) in [5.41, 5.74) is 4.92. The van der Waals surface area contributed by atoms with E-state index in [-0.39, 0.29) is 10.5 Å². The van der Waals surface area contributed by atoms with Gasteiger partial charge in [0.25, 0.3) is 11.8 Å². The molecule has 1 saturated heterocycles. The summed E-state index contributed by atoms with van der Waals surface area (Å²) in [6.07, 6.45) is 1.36. The van der Waals surface area contributed by atoms with E-state index in [1.807, 2.05) is 6.07 Å². The molecular weight excluding hydrogens is 406 g/mol. The first-order valence-corrected chi connectivity index (χ1v) is 11.3. The fourth-order valence-corrected chi connectivity index (χ4v) is 4.63. The Morgan fingerprint density at radius 3 is 2.23 bits per heavy atom. The lowest BCUT2D eigenvalue weighted by Crippen LogP contribution is -2.47. The molecule has 2 amide bonds. The van der Waals surface area contributed by atoms with E-state index < -0.39 is 27.9 Å². The highest BCUT2D eigenvalue weighted by molar-refractivity contribution is 7.89. The van der Waals surface area contributed by atoms with Gasteiger partial charge in [0.1, 0.15) is 5.75 Å². The lowest BCUT2D eigenvalue weighted by molar-refractivity contribution is -0.128. The minimum atomic E-state index is -3.54. The quantitative estimate of drug-likeness (QED) is 0.653. The van der Waals surface area contributed by atoms with Crippen molar-refractivity contribution in [3.05, 3.63) is 60.2 Å². The third kappa shape index (κ3) is 5.17. The van der Waals surface area contributed by atoms with Crippen LogP contribution in [-0.4, -0.2) is 43.7 Å². The molecule has 0 aliphatic carbocycles. The van der Waals surface area contributed by atoms with Crippen LogP contribution >= 0.6 is 0 Å². The molecule has 160 valence electrons. The van der Waals surface area contributed by atoms with Crippen LogP contribution in [-0.2, 0) is 14.8 Å². The van der Waals surface area contributed by atoms with Crippen LogP contribution in [0.5, 0.6) is 5.75 Å². The van der Waals surface area contributed by atoms with E-state index in [2.05, 4.69) is 10.9 Å². The van der Waals surface area contributed by atoms with E-state index in [1.165, 1.54) is 28.6 Å². The Kier molecular flexibility index (Phi) is 7.07. The van der Waals surface area contributed by atoms with Crippen LogP contribution in [0.3, 0.4) is 0 Å². The maximum atomic E-state index is 12.5. The number of hydrogen-bond donors (Lipinski definition) is 2. The normalized spacial score (nSPS) is 15.4. The van der Waals surface area contributed by atoms with Crippen molar-refractivity contribution in [2.24, 2.45) is 0 Å². The summed E-state index contributed by atoms with van der Waals surface area (Å²) in [4.78, 5) is 24.8. The average molecular weight is 432 g/mol. The summed E-state index contributed by atoms with van der Waals surface area (Å²) >= 11 is 0. The van der Waals surface area contributed by atoms with Crippen molar-refractivity contribution in [2.75, 3.05) is 13.1 Å². The molecule has 1 aliphatic heterocycles. The first kappa shape index (κ1) is 21.8. The van der Waals surface area contributed by atoms with Gasteiger partial charge in [0.2, 0.25) is 10.0 Å². The largest absolute Gasteiger partial charge is 0.481 e. The van der Waals surface area contributed by atoms with Gasteiger partial charge in [-0.25, -0.2) is 8.42 Å². The molecule has 30 heavy (non-hydrogen) atoms. The van der Waals surface area contributed by atoms with Gasteiger partial charge in [-0.3, -0.25) is 20.4 Å².